The Bertz CT molecular complexity index is 1180. The van der Waals surface area contributed by atoms with Crippen molar-refractivity contribution in [2.75, 3.05) is 31.1 Å². The van der Waals surface area contributed by atoms with Gasteiger partial charge in [0.15, 0.2) is 4.34 Å². The minimum atomic E-state index is -0.100. The van der Waals surface area contributed by atoms with Crippen molar-refractivity contribution in [2.45, 2.75) is 16.6 Å². The number of hydrogen-bond acceptors (Lipinski definition) is 7. The summed E-state index contributed by atoms with van der Waals surface area (Å²) in [6.07, 6.45) is 0. The van der Waals surface area contributed by atoms with Crippen LogP contribution in [0.5, 0.6) is 0 Å². The van der Waals surface area contributed by atoms with Crippen molar-refractivity contribution in [3.8, 4) is 0 Å². The Kier molecular flexibility index (Phi) is 6.01. The maximum Gasteiger partial charge on any atom is 0.252 e. The van der Waals surface area contributed by atoms with Crippen molar-refractivity contribution < 1.29 is 0 Å². The molecule has 1 aliphatic rings. The molecule has 1 N–H and O–H groups in total. The van der Waals surface area contributed by atoms with Crippen LogP contribution in [0.25, 0.3) is 10.2 Å². The summed E-state index contributed by atoms with van der Waals surface area (Å²) in [6.45, 7) is 4.55. The van der Waals surface area contributed by atoms with Crippen LogP contribution in [0.3, 0.4) is 0 Å². The standard InChI is InChI=1S/C23H23N5OS2/c29-21-14-18(16-30-23-25-19-8-4-5-9-20(19)31-23)24-22(26-21)28-12-10-27(11-13-28)15-17-6-2-1-3-7-17/h1-9,14H,10-13,15-16H2,(H,24,26,29). The van der Waals surface area contributed by atoms with E-state index in [1.165, 1.54) is 10.3 Å². The Hall–Kier alpha value is -2.68. The summed E-state index contributed by atoms with van der Waals surface area (Å²) in [5, 5.41) is 0. The number of piperazine rings is 1. The molecule has 1 aliphatic heterocycles. The normalized spacial score (nSPS) is 14.9. The molecular formula is C23H23N5OS2. The smallest absolute Gasteiger partial charge is 0.252 e. The second-order valence-corrected chi connectivity index (χ2v) is 9.80. The van der Waals surface area contributed by atoms with Crippen LogP contribution in [-0.4, -0.2) is 46.0 Å². The van der Waals surface area contributed by atoms with Gasteiger partial charge in [-0.05, 0) is 17.7 Å². The average molecular weight is 450 g/mol. The van der Waals surface area contributed by atoms with Crippen molar-refractivity contribution >= 4 is 39.3 Å². The molecule has 0 amide bonds. The fraction of sp³-hybridized carbons (Fsp3) is 0.261. The first-order valence-electron chi connectivity index (χ1n) is 10.3. The quantitative estimate of drug-likeness (QED) is 0.449. The highest BCUT2D eigenvalue weighted by Gasteiger charge is 2.19. The van der Waals surface area contributed by atoms with Crippen molar-refractivity contribution in [3.05, 3.63) is 82.3 Å². The number of aromatic amines is 1. The summed E-state index contributed by atoms with van der Waals surface area (Å²) in [4.78, 5) is 29.2. The molecule has 0 saturated carbocycles. The van der Waals surface area contributed by atoms with Gasteiger partial charge in [-0.2, -0.15) is 0 Å². The number of anilines is 1. The van der Waals surface area contributed by atoms with E-state index in [1.54, 1.807) is 29.2 Å². The average Bonchev–Trinajstić information content (AvgIpc) is 3.22. The minimum absolute atomic E-state index is 0.100. The fourth-order valence-corrected chi connectivity index (χ4v) is 5.69. The van der Waals surface area contributed by atoms with Gasteiger partial charge in [0, 0.05) is 44.5 Å². The Morgan fingerprint density at radius 2 is 1.74 bits per heavy atom. The van der Waals surface area contributed by atoms with Gasteiger partial charge in [-0.25, -0.2) is 9.97 Å². The van der Waals surface area contributed by atoms with E-state index < -0.39 is 0 Å². The van der Waals surface area contributed by atoms with E-state index in [2.05, 4.69) is 50.1 Å². The van der Waals surface area contributed by atoms with Gasteiger partial charge in [-0.3, -0.25) is 14.7 Å². The highest BCUT2D eigenvalue weighted by atomic mass is 32.2. The predicted octanol–water partition coefficient (Wildman–Crippen LogP) is 3.99. The molecule has 0 aliphatic carbocycles. The van der Waals surface area contributed by atoms with Crippen LogP contribution in [0.1, 0.15) is 11.3 Å². The lowest BCUT2D eigenvalue weighted by Crippen LogP contribution is -2.47. The summed E-state index contributed by atoms with van der Waals surface area (Å²) in [7, 11) is 0. The number of hydrogen-bond donors (Lipinski definition) is 1. The van der Waals surface area contributed by atoms with Crippen LogP contribution >= 0.6 is 23.1 Å². The molecule has 3 heterocycles. The SMILES string of the molecule is O=c1cc(CSc2nc3ccccc3s2)nc(N2CCN(Cc3ccccc3)CC2)[nH]1. The third-order valence-corrected chi connectivity index (χ3v) is 7.53. The first kappa shape index (κ1) is 20.2. The van der Waals surface area contributed by atoms with Gasteiger partial charge in [-0.1, -0.05) is 54.2 Å². The molecule has 8 heteroatoms. The zero-order valence-electron chi connectivity index (χ0n) is 17.0. The molecule has 4 aromatic rings. The molecule has 0 radical (unpaired) electrons. The summed E-state index contributed by atoms with van der Waals surface area (Å²) in [6, 6.07) is 20.3. The third-order valence-electron chi connectivity index (χ3n) is 5.32. The van der Waals surface area contributed by atoms with Crippen molar-refractivity contribution in [3.63, 3.8) is 0 Å². The zero-order valence-corrected chi connectivity index (χ0v) is 18.7. The van der Waals surface area contributed by atoms with Crippen LogP contribution in [0, 0.1) is 0 Å². The number of thioether (sulfide) groups is 1. The van der Waals surface area contributed by atoms with Gasteiger partial charge < -0.3 is 4.90 Å². The molecule has 5 rings (SSSR count). The Balaban J connectivity index is 1.22. The second kappa shape index (κ2) is 9.21. The molecule has 6 nitrogen and oxygen atoms in total. The van der Waals surface area contributed by atoms with Crippen LogP contribution in [0.15, 0.2) is 69.8 Å². The Morgan fingerprint density at radius 3 is 2.55 bits per heavy atom. The summed E-state index contributed by atoms with van der Waals surface area (Å²) in [5.74, 6) is 1.30. The summed E-state index contributed by atoms with van der Waals surface area (Å²) < 4.78 is 2.18. The largest absolute Gasteiger partial charge is 0.340 e. The number of H-pyrrole nitrogens is 1. The van der Waals surface area contributed by atoms with Gasteiger partial charge >= 0.3 is 0 Å². The maximum absolute atomic E-state index is 12.3. The molecule has 31 heavy (non-hydrogen) atoms. The summed E-state index contributed by atoms with van der Waals surface area (Å²) in [5.41, 5.74) is 3.03. The lowest BCUT2D eigenvalue weighted by atomic mass is 10.2. The van der Waals surface area contributed by atoms with E-state index in [0.717, 1.165) is 48.3 Å². The van der Waals surface area contributed by atoms with Crippen molar-refractivity contribution in [2.24, 2.45) is 0 Å². The van der Waals surface area contributed by atoms with Crippen molar-refractivity contribution in [1.82, 2.24) is 19.9 Å². The number of nitrogens with zero attached hydrogens (tertiary/aromatic N) is 4. The van der Waals surface area contributed by atoms with E-state index >= 15 is 0 Å². The second-order valence-electron chi connectivity index (χ2n) is 7.55. The van der Waals surface area contributed by atoms with Gasteiger partial charge in [0.25, 0.3) is 5.56 Å². The number of nitrogens with one attached hydrogen (secondary N) is 1. The molecule has 0 atom stereocenters. The molecule has 0 unspecified atom stereocenters. The van der Waals surface area contributed by atoms with Gasteiger partial charge in [0.1, 0.15) is 0 Å². The van der Waals surface area contributed by atoms with Gasteiger partial charge in [0.05, 0.1) is 15.9 Å². The maximum atomic E-state index is 12.3. The van der Waals surface area contributed by atoms with E-state index in [9.17, 15) is 4.79 Å². The van der Waals surface area contributed by atoms with E-state index in [1.807, 2.05) is 24.3 Å². The highest BCUT2D eigenvalue weighted by Crippen LogP contribution is 2.31. The number of rotatable bonds is 6. The first-order chi connectivity index (χ1) is 15.2. The van der Waals surface area contributed by atoms with Gasteiger partial charge in [-0.15, -0.1) is 11.3 Å². The molecule has 2 aromatic carbocycles. The van der Waals surface area contributed by atoms with Crippen LogP contribution < -0.4 is 10.5 Å². The molecule has 1 fully saturated rings. The highest BCUT2D eigenvalue weighted by molar-refractivity contribution is 8.00. The Morgan fingerprint density at radius 1 is 0.968 bits per heavy atom. The monoisotopic (exact) mass is 449 g/mol. The molecule has 2 aromatic heterocycles. The summed E-state index contributed by atoms with van der Waals surface area (Å²) >= 11 is 3.31. The minimum Gasteiger partial charge on any atom is -0.340 e. The molecule has 0 bridgehead atoms. The number of benzene rings is 2. The number of aromatic nitrogens is 3. The first-order valence-corrected chi connectivity index (χ1v) is 12.1. The molecule has 0 spiro atoms. The third kappa shape index (κ3) is 4.98. The van der Waals surface area contributed by atoms with E-state index in [4.69, 9.17) is 4.98 Å². The lowest BCUT2D eigenvalue weighted by Gasteiger charge is -2.35. The van der Waals surface area contributed by atoms with Crippen LogP contribution in [0.4, 0.5) is 5.95 Å². The number of fused-ring (bicyclic) bond motifs is 1. The Labute approximate surface area is 189 Å². The molecular weight excluding hydrogens is 426 g/mol. The van der Waals surface area contributed by atoms with E-state index in [0.29, 0.717) is 11.7 Å². The lowest BCUT2D eigenvalue weighted by molar-refractivity contribution is 0.248. The van der Waals surface area contributed by atoms with Gasteiger partial charge in [0.2, 0.25) is 5.95 Å². The fourth-order valence-electron chi connectivity index (χ4n) is 3.73. The molecule has 1 saturated heterocycles. The van der Waals surface area contributed by atoms with Crippen molar-refractivity contribution in [1.29, 1.82) is 0 Å². The number of para-hydroxylation sites is 1. The predicted molar refractivity (Wildman–Crippen MR) is 128 cm³/mol. The molecule has 158 valence electrons. The zero-order chi connectivity index (χ0) is 21.0. The topological polar surface area (TPSA) is 65.1 Å². The number of thiazole rings is 1. The van der Waals surface area contributed by atoms with E-state index in [-0.39, 0.29) is 5.56 Å². The van der Waals surface area contributed by atoms with Crippen LogP contribution in [0.2, 0.25) is 0 Å². The van der Waals surface area contributed by atoms with Crippen LogP contribution in [-0.2, 0) is 12.3 Å².